The Morgan fingerprint density at radius 2 is 1.01 bits per heavy atom. The third kappa shape index (κ3) is 14.3. The molecule has 75 heavy (non-hydrogen) atoms. The van der Waals surface area contributed by atoms with Gasteiger partial charge in [0, 0.05) is 14.7 Å². The maximum Gasteiger partial charge on any atom is 0.337 e. The topological polar surface area (TPSA) is 268 Å². The second-order valence-corrected chi connectivity index (χ2v) is 19.1. The molecule has 0 spiro atoms. The molecule has 5 aromatic rings. The summed E-state index contributed by atoms with van der Waals surface area (Å²) < 4.78 is 64.9. The van der Waals surface area contributed by atoms with Gasteiger partial charge in [-0.2, -0.15) is 0 Å². The fourth-order valence-corrected chi connectivity index (χ4v) is 10.2. The number of azide groups is 2. The largest absolute Gasteiger partial charge is 0.467 e. The number of benzene rings is 5. The molecule has 0 aliphatic carbocycles. The highest BCUT2D eigenvalue weighted by Gasteiger charge is 2.58. The minimum absolute atomic E-state index is 0.0328. The lowest BCUT2D eigenvalue weighted by molar-refractivity contribution is -0.366. The van der Waals surface area contributed by atoms with Crippen LogP contribution in [0.25, 0.3) is 20.9 Å². The number of esters is 1. The van der Waals surface area contributed by atoms with Crippen LogP contribution in [0.4, 0.5) is 0 Å². The van der Waals surface area contributed by atoms with Crippen LogP contribution in [0.5, 0.6) is 0 Å². The molecule has 0 radical (unpaired) electrons. The molecule has 3 heterocycles. The van der Waals surface area contributed by atoms with E-state index in [9.17, 15) is 31.2 Å². The lowest BCUT2D eigenvalue weighted by Crippen LogP contribution is -2.67. The van der Waals surface area contributed by atoms with Gasteiger partial charge in [0.1, 0.15) is 66.4 Å². The Morgan fingerprint density at radius 1 is 0.560 bits per heavy atom. The van der Waals surface area contributed by atoms with Gasteiger partial charge in [-0.05, 0) is 52.4 Å². The highest BCUT2D eigenvalue weighted by atomic mass is 32.2. The number of nitrogens with zero attached hydrogens (tertiary/aromatic N) is 6. The zero-order valence-corrected chi connectivity index (χ0v) is 42.0. The van der Waals surface area contributed by atoms with Gasteiger partial charge in [-0.15, -0.1) is 0 Å². The van der Waals surface area contributed by atoms with E-state index in [4.69, 9.17) is 47.4 Å². The van der Waals surface area contributed by atoms with Crippen LogP contribution in [0, 0.1) is 6.92 Å². The summed E-state index contributed by atoms with van der Waals surface area (Å²) in [6, 6.07) is 41.9. The Kier molecular flexibility index (Phi) is 20.4. The Hall–Kier alpha value is -5.94. The van der Waals surface area contributed by atoms with E-state index in [0.717, 1.165) is 39.8 Å². The number of ether oxygens (including phenoxy) is 10. The molecule has 3 N–H and O–H groups in total. The zero-order chi connectivity index (χ0) is 52.5. The maximum absolute atomic E-state index is 14.3. The summed E-state index contributed by atoms with van der Waals surface area (Å²) in [7, 11) is 1.15. The number of hydrogen-bond acceptors (Lipinski definition) is 17. The van der Waals surface area contributed by atoms with Crippen LogP contribution in [0.2, 0.25) is 0 Å². The third-order valence-corrected chi connectivity index (χ3v) is 14.1. The van der Waals surface area contributed by atoms with E-state index in [1.807, 2.05) is 153 Å². The molecule has 8 rings (SSSR count). The van der Waals surface area contributed by atoms with Crippen molar-refractivity contribution in [2.75, 3.05) is 20.3 Å². The molecule has 0 amide bonds. The first-order chi connectivity index (χ1) is 36.7. The van der Waals surface area contributed by atoms with Crippen LogP contribution in [-0.4, -0.2) is 133 Å². The molecule has 3 aliphatic rings. The number of carbonyl (C=O) groups is 1. The standard InChI is InChI=1S/C54H60N6O14S/c1-33-23-25-38(26-24-33)75-54-41(57-59-55)43(63)44(39(27-61)71-54)72-53-50(69-32-37-21-13-6-14-22-37)47(68-31-36-19-11-5-12-20-36)48(49(74-53)51(64)65-2)73-52-42(58-60-56)46(67-30-35-17-9-4-10-18-35)45(40(28-62)70-52)66-29-34-15-7-3-8-16-34/h3-26,39-50,52-54,61-63H,27-32H2,1-2H3/t39-,40-,41-,42-,43-,44?,45-,46-,47+,48+,49+,50-,52-,53-,54?/m1/s1. The molecule has 3 aliphatic heterocycles. The quantitative estimate of drug-likeness (QED) is 0.0252. The normalized spacial score (nSPS) is 29.6. The van der Waals surface area contributed by atoms with Crippen LogP contribution in [0.3, 0.4) is 0 Å². The number of aryl methyl sites for hydroxylation is 1. The monoisotopic (exact) mass is 1050 g/mol. The highest BCUT2D eigenvalue weighted by Crippen LogP contribution is 2.40. The van der Waals surface area contributed by atoms with E-state index in [-0.39, 0.29) is 26.4 Å². The van der Waals surface area contributed by atoms with Crippen molar-refractivity contribution in [1.82, 2.24) is 0 Å². The molecule has 396 valence electrons. The van der Waals surface area contributed by atoms with Crippen LogP contribution in [0.1, 0.15) is 27.8 Å². The summed E-state index contributed by atoms with van der Waals surface area (Å²) in [4.78, 5) is 21.2. The van der Waals surface area contributed by atoms with Crippen molar-refractivity contribution in [1.29, 1.82) is 0 Å². The average Bonchev–Trinajstić information content (AvgIpc) is 3.45. The molecule has 3 saturated heterocycles. The Labute approximate surface area is 437 Å². The molecule has 21 heteroatoms. The molecule has 3 fully saturated rings. The van der Waals surface area contributed by atoms with Gasteiger partial charge in [-0.25, -0.2) is 4.79 Å². The van der Waals surface area contributed by atoms with Crippen molar-refractivity contribution in [3.63, 3.8) is 0 Å². The van der Waals surface area contributed by atoms with Gasteiger partial charge >= 0.3 is 5.97 Å². The molecular formula is C54H60N6O14S. The van der Waals surface area contributed by atoms with E-state index in [1.54, 1.807) is 0 Å². The molecule has 0 saturated carbocycles. The maximum atomic E-state index is 14.3. The number of carbonyl (C=O) groups excluding carboxylic acids is 1. The van der Waals surface area contributed by atoms with Crippen LogP contribution in [0.15, 0.2) is 161 Å². The van der Waals surface area contributed by atoms with Gasteiger partial charge in [-0.3, -0.25) is 0 Å². The fraction of sp³-hybridized carbons (Fsp3) is 0.426. The predicted octanol–water partition coefficient (Wildman–Crippen LogP) is 7.25. The van der Waals surface area contributed by atoms with Crippen molar-refractivity contribution in [3.05, 3.63) is 194 Å². The third-order valence-electron chi connectivity index (χ3n) is 12.9. The average molecular weight is 1050 g/mol. The van der Waals surface area contributed by atoms with Crippen molar-refractivity contribution in [2.45, 2.75) is 129 Å². The minimum Gasteiger partial charge on any atom is -0.467 e. The molecule has 20 nitrogen and oxygen atoms in total. The number of hydrogen-bond donors (Lipinski definition) is 3. The van der Waals surface area contributed by atoms with Crippen molar-refractivity contribution in [3.8, 4) is 0 Å². The first-order valence-electron chi connectivity index (χ1n) is 24.4. The SMILES string of the molecule is COC(=O)[C@H]1O[C@@H](OC2[C@@H](CO)OC(Sc3ccc(C)cc3)[C@H](N=[N+]=[N-])[C@H]2O)[C@H](OCc2ccccc2)[C@@H](OCc2ccccc2)[C@@H]1O[C@H]1O[C@H](CO)[C@@H](OCc2ccccc2)[C@H](OCc2ccccc2)[C@H]1N=[N+]=[N-]. The zero-order valence-electron chi connectivity index (χ0n) is 41.2. The number of aliphatic hydroxyl groups is 3. The Morgan fingerprint density at radius 3 is 1.51 bits per heavy atom. The number of methoxy groups -OCH3 is 1. The van der Waals surface area contributed by atoms with Crippen LogP contribution >= 0.6 is 11.8 Å². The van der Waals surface area contributed by atoms with Gasteiger partial charge in [0.25, 0.3) is 0 Å². The smallest absolute Gasteiger partial charge is 0.337 e. The van der Waals surface area contributed by atoms with E-state index >= 15 is 0 Å². The number of thioether (sulfide) groups is 1. The molecule has 2 unspecified atom stereocenters. The van der Waals surface area contributed by atoms with E-state index in [1.165, 1.54) is 11.8 Å². The predicted molar refractivity (Wildman–Crippen MR) is 271 cm³/mol. The van der Waals surface area contributed by atoms with Crippen LogP contribution in [-0.2, 0) is 78.6 Å². The summed E-state index contributed by atoms with van der Waals surface area (Å²) in [5.41, 5.74) is 23.0. The van der Waals surface area contributed by atoms with Gasteiger partial charge in [0.2, 0.25) is 0 Å². The molecule has 15 atom stereocenters. The van der Waals surface area contributed by atoms with E-state index in [0.29, 0.717) is 0 Å². The van der Waals surface area contributed by atoms with Crippen LogP contribution < -0.4 is 0 Å². The minimum atomic E-state index is -1.73. The summed E-state index contributed by atoms with van der Waals surface area (Å²) >= 11 is 1.19. The van der Waals surface area contributed by atoms with Gasteiger partial charge in [0.05, 0.1) is 52.9 Å². The first kappa shape index (κ1) is 55.3. The van der Waals surface area contributed by atoms with Gasteiger partial charge < -0.3 is 62.7 Å². The summed E-state index contributed by atoms with van der Waals surface area (Å²) in [5, 5.41) is 42.1. The lowest BCUT2D eigenvalue weighted by atomic mass is 9.94. The number of aliphatic hydroxyl groups excluding tert-OH is 3. The van der Waals surface area contributed by atoms with Crippen molar-refractivity contribution < 1.29 is 67.5 Å². The van der Waals surface area contributed by atoms with E-state index in [2.05, 4.69) is 20.1 Å². The molecular weight excluding hydrogens is 989 g/mol. The molecule has 0 bridgehead atoms. The Balaban J connectivity index is 1.17. The summed E-state index contributed by atoms with van der Waals surface area (Å²) in [6.07, 6.45) is -16.8. The summed E-state index contributed by atoms with van der Waals surface area (Å²) in [5.74, 6) is -0.958. The Bertz CT molecular complexity index is 2630. The second kappa shape index (κ2) is 27.7. The lowest BCUT2D eigenvalue weighted by Gasteiger charge is -2.50. The van der Waals surface area contributed by atoms with Crippen molar-refractivity contribution >= 4 is 17.7 Å². The summed E-state index contributed by atoms with van der Waals surface area (Å²) in [6.45, 7) is 0.653. The van der Waals surface area contributed by atoms with E-state index < -0.39 is 110 Å². The van der Waals surface area contributed by atoms with Gasteiger partial charge in [0.15, 0.2) is 18.7 Å². The van der Waals surface area contributed by atoms with Gasteiger partial charge in [-0.1, -0.05) is 161 Å². The number of rotatable bonds is 23. The molecule has 0 aromatic heterocycles. The fourth-order valence-electron chi connectivity index (χ4n) is 9.09. The highest BCUT2D eigenvalue weighted by molar-refractivity contribution is 7.99. The first-order valence-corrected chi connectivity index (χ1v) is 25.3. The molecule has 5 aromatic carbocycles. The second-order valence-electron chi connectivity index (χ2n) is 18.0. The van der Waals surface area contributed by atoms with Crippen molar-refractivity contribution in [2.24, 2.45) is 10.2 Å².